The molecule has 5 nitrogen and oxygen atoms in total. The van der Waals surface area contributed by atoms with E-state index in [4.69, 9.17) is 4.74 Å². The number of nitrogens with one attached hydrogen (secondary N) is 1. The lowest BCUT2D eigenvalue weighted by Crippen LogP contribution is -2.14. The lowest BCUT2D eigenvalue weighted by molar-refractivity contribution is -0.116. The molecule has 0 fully saturated rings. The standard InChI is InChI=1S/C12H16FNO4S/c1-2-18-9-5-8-12(15)14-10-6-3-4-7-11(10)19(13,16)17/h3-4,6-7H,2,5,8-9H2,1H3,(H,14,15). The predicted octanol–water partition coefficient (Wildman–Crippen LogP) is 2.10. The number of hydrogen-bond acceptors (Lipinski definition) is 4. The van der Waals surface area contributed by atoms with Crippen molar-refractivity contribution < 1.29 is 21.8 Å². The number of carbonyl (C=O) groups is 1. The molecule has 1 amide bonds. The average molecular weight is 289 g/mol. The third kappa shape index (κ3) is 5.35. The van der Waals surface area contributed by atoms with Gasteiger partial charge in [-0.1, -0.05) is 12.1 Å². The van der Waals surface area contributed by atoms with Crippen molar-refractivity contribution >= 4 is 21.8 Å². The van der Waals surface area contributed by atoms with Gasteiger partial charge in [-0.2, -0.15) is 8.42 Å². The Morgan fingerprint density at radius 2 is 2.05 bits per heavy atom. The smallest absolute Gasteiger partial charge is 0.334 e. The van der Waals surface area contributed by atoms with E-state index in [1.54, 1.807) is 0 Å². The Bertz CT molecular complexity index is 530. The van der Waals surface area contributed by atoms with Crippen LogP contribution in [0.2, 0.25) is 0 Å². The van der Waals surface area contributed by atoms with E-state index in [1.807, 2.05) is 6.92 Å². The molecule has 1 aromatic rings. The number of carbonyl (C=O) groups excluding carboxylic acids is 1. The molecule has 1 rings (SSSR count). The number of anilines is 1. The molecule has 0 aliphatic rings. The summed E-state index contributed by atoms with van der Waals surface area (Å²) >= 11 is 0. The van der Waals surface area contributed by atoms with E-state index in [0.29, 0.717) is 19.6 Å². The Kier molecular flexibility index (Phi) is 5.91. The molecule has 0 radical (unpaired) electrons. The number of ether oxygens (including phenoxy) is 1. The highest BCUT2D eigenvalue weighted by molar-refractivity contribution is 7.86. The molecule has 0 spiro atoms. The van der Waals surface area contributed by atoms with E-state index in [9.17, 15) is 17.1 Å². The summed E-state index contributed by atoms with van der Waals surface area (Å²) in [6.07, 6.45) is 0.699. The predicted molar refractivity (Wildman–Crippen MR) is 69.1 cm³/mol. The molecule has 106 valence electrons. The quantitative estimate of drug-likeness (QED) is 0.616. The first kappa shape index (κ1) is 15.6. The Hall–Kier alpha value is -1.47. The van der Waals surface area contributed by atoms with Gasteiger partial charge >= 0.3 is 10.2 Å². The maximum absolute atomic E-state index is 13.0. The molecule has 0 saturated heterocycles. The van der Waals surface area contributed by atoms with Crippen LogP contribution in [-0.2, 0) is 19.8 Å². The number of rotatable bonds is 7. The van der Waals surface area contributed by atoms with E-state index in [2.05, 4.69) is 5.32 Å². The fourth-order valence-corrected chi connectivity index (χ4v) is 2.10. The summed E-state index contributed by atoms with van der Waals surface area (Å²) in [5, 5.41) is 2.38. The van der Waals surface area contributed by atoms with Crippen molar-refractivity contribution in [3.63, 3.8) is 0 Å². The van der Waals surface area contributed by atoms with Crippen LogP contribution in [0.3, 0.4) is 0 Å². The lowest BCUT2D eigenvalue weighted by Gasteiger charge is -2.08. The molecule has 0 aromatic heterocycles. The van der Waals surface area contributed by atoms with Crippen molar-refractivity contribution in [2.24, 2.45) is 0 Å². The molecular formula is C12H16FNO4S. The highest BCUT2D eigenvalue weighted by Gasteiger charge is 2.17. The fraction of sp³-hybridized carbons (Fsp3) is 0.417. The highest BCUT2D eigenvalue weighted by Crippen LogP contribution is 2.22. The Morgan fingerprint density at radius 1 is 1.37 bits per heavy atom. The van der Waals surface area contributed by atoms with Crippen LogP contribution in [0.25, 0.3) is 0 Å². The molecule has 0 heterocycles. The summed E-state index contributed by atoms with van der Waals surface area (Å²) in [4.78, 5) is 11.0. The molecule has 0 bridgehead atoms. The first-order valence-electron chi connectivity index (χ1n) is 5.86. The number of halogens is 1. The van der Waals surface area contributed by atoms with E-state index in [-0.39, 0.29) is 18.0 Å². The maximum atomic E-state index is 13.0. The molecule has 0 aliphatic carbocycles. The largest absolute Gasteiger partial charge is 0.382 e. The van der Waals surface area contributed by atoms with Crippen molar-refractivity contribution in [1.82, 2.24) is 0 Å². The Balaban J connectivity index is 2.65. The van der Waals surface area contributed by atoms with Crippen molar-refractivity contribution in [2.45, 2.75) is 24.7 Å². The first-order chi connectivity index (χ1) is 8.95. The van der Waals surface area contributed by atoms with Crippen LogP contribution in [0.1, 0.15) is 19.8 Å². The zero-order valence-electron chi connectivity index (χ0n) is 10.6. The van der Waals surface area contributed by atoms with Gasteiger partial charge in [-0.3, -0.25) is 4.79 Å². The van der Waals surface area contributed by atoms with Crippen LogP contribution in [-0.4, -0.2) is 27.5 Å². The monoisotopic (exact) mass is 289 g/mol. The van der Waals surface area contributed by atoms with Gasteiger partial charge in [0.25, 0.3) is 0 Å². The summed E-state index contributed by atoms with van der Waals surface area (Å²) in [5.41, 5.74) is -0.0496. The third-order valence-electron chi connectivity index (χ3n) is 2.32. The average Bonchev–Trinajstić information content (AvgIpc) is 2.34. The van der Waals surface area contributed by atoms with E-state index in [1.165, 1.54) is 18.2 Å². The van der Waals surface area contributed by atoms with Gasteiger partial charge in [-0.25, -0.2) is 0 Å². The highest BCUT2D eigenvalue weighted by atomic mass is 32.3. The molecule has 0 saturated carbocycles. The zero-order valence-corrected chi connectivity index (χ0v) is 11.4. The van der Waals surface area contributed by atoms with Gasteiger partial charge in [-0.05, 0) is 25.5 Å². The van der Waals surface area contributed by atoms with Gasteiger partial charge in [0.1, 0.15) is 4.90 Å². The molecular weight excluding hydrogens is 273 g/mol. The van der Waals surface area contributed by atoms with E-state index >= 15 is 0 Å². The van der Waals surface area contributed by atoms with Crippen molar-refractivity contribution in [3.8, 4) is 0 Å². The maximum Gasteiger partial charge on any atom is 0.334 e. The van der Waals surface area contributed by atoms with Gasteiger partial charge in [0.2, 0.25) is 5.91 Å². The van der Waals surface area contributed by atoms with Gasteiger partial charge in [0.05, 0.1) is 5.69 Å². The second-order valence-corrected chi connectivity index (χ2v) is 5.10. The third-order valence-corrected chi connectivity index (χ3v) is 3.20. The molecule has 0 atom stereocenters. The summed E-state index contributed by atoms with van der Waals surface area (Å²) in [6, 6.07) is 5.35. The van der Waals surface area contributed by atoms with Gasteiger partial charge in [0.15, 0.2) is 0 Å². The summed E-state index contributed by atoms with van der Waals surface area (Å²) in [6.45, 7) is 2.87. The van der Waals surface area contributed by atoms with Crippen LogP contribution >= 0.6 is 0 Å². The number of hydrogen-bond donors (Lipinski definition) is 1. The van der Waals surface area contributed by atoms with Gasteiger partial charge < -0.3 is 10.1 Å². The van der Waals surface area contributed by atoms with Crippen LogP contribution in [0.4, 0.5) is 9.57 Å². The van der Waals surface area contributed by atoms with Crippen LogP contribution in [0, 0.1) is 0 Å². The van der Waals surface area contributed by atoms with Crippen molar-refractivity contribution in [3.05, 3.63) is 24.3 Å². The summed E-state index contributed by atoms with van der Waals surface area (Å²) < 4.78 is 39.9. The molecule has 0 aliphatic heterocycles. The van der Waals surface area contributed by atoms with Crippen molar-refractivity contribution in [2.75, 3.05) is 18.5 Å². The summed E-state index contributed by atoms with van der Waals surface area (Å²) in [7, 11) is -4.85. The second kappa shape index (κ2) is 7.20. The topological polar surface area (TPSA) is 72.5 Å². The zero-order chi connectivity index (χ0) is 14.3. The fourth-order valence-electron chi connectivity index (χ4n) is 1.47. The number of amides is 1. The van der Waals surface area contributed by atoms with Crippen LogP contribution < -0.4 is 5.32 Å². The van der Waals surface area contributed by atoms with Gasteiger partial charge in [-0.15, -0.1) is 3.89 Å². The van der Waals surface area contributed by atoms with Crippen LogP contribution in [0.5, 0.6) is 0 Å². The Labute approximate surface area is 112 Å². The lowest BCUT2D eigenvalue weighted by atomic mass is 10.2. The van der Waals surface area contributed by atoms with Crippen molar-refractivity contribution in [1.29, 1.82) is 0 Å². The minimum absolute atomic E-state index is 0.0496. The molecule has 1 aromatic carbocycles. The normalized spacial score (nSPS) is 11.3. The van der Waals surface area contributed by atoms with E-state index in [0.717, 1.165) is 6.07 Å². The number of benzene rings is 1. The van der Waals surface area contributed by atoms with E-state index < -0.39 is 15.1 Å². The molecule has 0 unspecified atom stereocenters. The second-order valence-electron chi connectivity index (χ2n) is 3.78. The molecule has 7 heteroatoms. The molecule has 19 heavy (non-hydrogen) atoms. The minimum atomic E-state index is -4.85. The summed E-state index contributed by atoms with van der Waals surface area (Å²) in [5.74, 6) is -0.379. The SMILES string of the molecule is CCOCCCC(=O)Nc1ccccc1S(=O)(=O)F. The van der Waals surface area contributed by atoms with Crippen LogP contribution in [0.15, 0.2) is 29.2 Å². The number of para-hydroxylation sites is 1. The minimum Gasteiger partial charge on any atom is -0.382 e. The molecule has 1 N–H and O–H groups in total. The van der Waals surface area contributed by atoms with Gasteiger partial charge in [0, 0.05) is 19.6 Å². The first-order valence-corrected chi connectivity index (χ1v) is 7.24. The Morgan fingerprint density at radius 3 is 2.68 bits per heavy atom.